The highest BCUT2D eigenvalue weighted by Crippen LogP contribution is 2.30. The van der Waals surface area contributed by atoms with Crippen LogP contribution < -0.4 is 10.1 Å². The van der Waals surface area contributed by atoms with Gasteiger partial charge in [0.05, 0.1) is 19.6 Å². The summed E-state index contributed by atoms with van der Waals surface area (Å²) < 4.78 is 5.30. The molecule has 0 bridgehead atoms. The second kappa shape index (κ2) is 8.27. The van der Waals surface area contributed by atoms with Crippen molar-refractivity contribution in [1.29, 1.82) is 0 Å². The van der Waals surface area contributed by atoms with Gasteiger partial charge in [-0.25, -0.2) is 0 Å². The number of rotatable bonds is 7. The van der Waals surface area contributed by atoms with Crippen LogP contribution in [0.3, 0.4) is 0 Å². The highest BCUT2D eigenvalue weighted by atomic mass is 16.5. The Hall–Kier alpha value is -2.79. The molecule has 0 saturated carbocycles. The van der Waals surface area contributed by atoms with E-state index in [1.54, 1.807) is 26.1 Å². The summed E-state index contributed by atoms with van der Waals surface area (Å²) >= 11 is 0. The van der Waals surface area contributed by atoms with Crippen molar-refractivity contribution in [1.82, 2.24) is 9.88 Å². The normalized spacial score (nSPS) is 13.3. The van der Waals surface area contributed by atoms with Crippen molar-refractivity contribution in [3.63, 3.8) is 0 Å². The number of aromatic nitrogens is 1. The lowest BCUT2D eigenvalue weighted by molar-refractivity contribution is -0.675. The summed E-state index contributed by atoms with van der Waals surface area (Å²) in [5.41, 5.74) is 3.58. The number of nitrogens with two attached hydrogens (primary N) is 1. The first-order chi connectivity index (χ1) is 13.0. The second-order valence-corrected chi connectivity index (χ2v) is 7.11. The number of para-hydroxylation sites is 1. The van der Waals surface area contributed by atoms with Gasteiger partial charge in [-0.15, -0.1) is 0 Å². The standard InChI is InChI=1S/C22H27N3O2/c1-15(22(26)25(2)3)23-13-19(16-9-11-17(27-4)12-10-16)20-14-24-21-8-6-5-7-18(20)21/h5-12,14-15,19,23-24H,13H2,1-4H3/p+1/t15-,19-/m1/s1. The fourth-order valence-electron chi connectivity index (χ4n) is 3.51. The molecule has 3 rings (SSSR count). The van der Waals surface area contributed by atoms with E-state index >= 15 is 0 Å². The zero-order valence-corrected chi connectivity index (χ0v) is 16.4. The molecule has 0 unspecified atom stereocenters. The number of carbonyl (C=O) groups is 1. The third-order valence-electron chi connectivity index (χ3n) is 5.07. The molecule has 0 fully saturated rings. The zero-order chi connectivity index (χ0) is 19.4. The SMILES string of the molecule is COc1ccc([C@@H](C[NH2+][C@H](C)C(=O)N(C)C)c2c[nH]c3ccccc23)cc1. The fourth-order valence-corrected chi connectivity index (χ4v) is 3.51. The van der Waals surface area contributed by atoms with E-state index in [1.165, 1.54) is 16.5 Å². The Balaban J connectivity index is 1.92. The van der Waals surface area contributed by atoms with Crippen molar-refractivity contribution < 1.29 is 14.8 Å². The minimum Gasteiger partial charge on any atom is -0.497 e. The number of carbonyl (C=O) groups excluding carboxylic acids is 1. The van der Waals surface area contributed by atoms with E-state index in [2.05, 4.69) is 46.8 Å². The van der Waals surface area contributed by atoms with Gasteiger partial charge in [0.25, 0.3) is 5.91 Å². The number of methoxy groups -OCH3 is 1. The third kappa shape index (κ3) is 4.14. The lowest BCUT2D eigenvalue weighted by atomic mass is 9.90. The molecular weight excluding hydrogens is 338 g/mol. The number of nitrogens with one attached hydrogen (secondary N) is 1. The maximum atomic E-state index is 12.2. The van der Waals surface area contributed by atoms with Gasteiger partial charge in [0.15, 0.2) is 6.04 Å². The molecule has 0 saturated heterocycles. The zero-order valence-electron chi connectivity index (χ0n) is 16.4. The van der Waals surface area contributed by atoms with E-state index < -0.39 is 0 Å². The molecule has 0 aliphatic carbocycles. The van der Waals surface area contributed by atoms with Crippen LogP contribution >= 0.6 is 0 Å². The Morgan fingerprint density at radius 3 is 2.52 bits per heavy atom. The number of fused-ring (bicyclic) bond motifs is 1. The summed E-state index contributed by atoms with van der Waals surface area (Å²) in [4.78, 5) is 17.3. The van der Waals surface area contributed by atoms with Gasteiger partial charge in [-0.2, -0.15) is 0 Å². The van der Waals surface area contributed by atoms with Crippen LogP contribution in [0.5, 0.6) is 5.75 Å². The molecule has 27 heavy (non-hydrogen) atoms. The molecule has 3 aromatic rings. The van der Waals surface area contributed by atoms with Crippen molar-refractivity contribution in [2.75, 3.05) is 27.7 Å². The average Bonchev–Trinajstić information content (AvgIpc) is 3.12. The maximum absolute atomic E-state index is 12.2. The van der Waals surface area contributed by atoms with E-state index in [1.807, 2.05) is 25.1 Å². The van der Waals surface area contributed by atoms with Crippen molar-refractivity contribution in [3.05, 3.63) is 65.9 Å². The Morgan fingerprint density at radius 2 is 1.85 bits per heavy atom. The van der Waals surface area contributed by atoms with E-state index in [9.17, 15) is 4.79 Å². The highest BCUT2D eigenvalue weighted by molar-refractivity contribution is 5.84. The van der Waals surface area contributed by atoms with Crippen LogP contribution in [-0.2, 0) is 4.79 Å². The number of benzene rings is 2. The first-order valence-electron chi connectivity index (χ1n) is 9.25. The molecule has 5 heteroatoms. The minimum absolute atomic E-state index is 0.119. The Kier molecular flexibility index (Phi) is 5.81. The number of H-pyrrole nitrogens is 1. The molecule has 5 nitrogen and oxygen atoms in total. The summed E-state index contributed by atoms with van der Waals surface area (Å²) in [5, 5.41) is 3.34. The summed E-state index contributed by atoms with van der Waals surface area (Å²) in [6.45, 7) is 2.75. The summed E-state index contributed by atoms with van der Waals surface area (Å²) in [6.07, 6.45) is 2.09. The molecule has 142 valence electrons. The van der Waals surface area contributed by atoms with Crippen molar-refractivity contribution >= 4 is 16.8 Å². The molecule has 0 aliphatic rings. The summed E-state index contributed by atoms with van der Waals surface area (Å²) in [6, 6.07) is 16.4. The van der Waals surface area contributed by atoms with Crippen LogP contribution in [-0.4, -0.2) is 49.6 Å². The van der Waals surface area contributed by atoms with E-state index in [-0.39, 0.29) is 17.9 Å². The predicted molar refractivity (Wildman–Crippen MR) is 108 cm³/mol. The van der Waals surface area contributed by atoms with Crippen LogP contribution in [0.1, 0.15) is 24.0 Å². The van der Waals surface area contributed by atoms with Crippen LogP contribution in [0.2, 0.25) is 0 Å². The molecule has 1 aromatic heterocycles. The topological polar surface area (TPSA) is 61.9 Å². The molecule has 0 radical (unpaired) electrons. The molecule has 0 spiro atoms. The highest BCUT2D eigenvalue weighted by Gasteiger charge is 2.24. The van der Waals surface area contributed by atoms with Crippen LogP contribution in [0, 0.1) is 0 Å². The van der Waals surface area contributed by atoms with E-state index in [4.69, 9.17) is 4.74 Å². The smallest absolute Gasteiger partial charge is 0.279 e. The van der Waals surface area contributed by atoms with Gasteiger partial charge in [-0.1, -0.05) is 30.3 Å². The number of hydrogen-bond acceptors (Lipinski definition) is 2. The number of ether oxygens (including phenoxy) is 1. The van der Waals surface area contributed by atoms with Crippen molar-refractivity contribution in [2.24, 2.45) is 0 Å². The fraction of sp³-hybridized carbons (Fsp3) is 0.318. The van der Waals surface area contributed by atoms with Gasteiger partial charge in [0.1, 0.15) is 5.75 Å². The van der Waals surface area contributed by atoms with Crippen LogP contribution in [0.4, 0.5) is 0 Å². The predicted octanol–water partition coefficient (Wildman–Crippen LogP) is 2.35. The number of amides is 1. The van der Waals surface area contributed by atoms with Gasteiger partial charge < -0.3 is 19.9 Å². The first kappa shape index (κ1) is 19.0. The Labute approximate surface area is 160 Å². The Morgan fingerprint density at radius 1 is 1.15 bits per heavy atom. The first-order valence-corrected chi connectivity index (χ1v) is 9.25. The number of aromatic amines is 1. The molecule has 1 amide bonds. The molecule has 1 heterocycles. The average molecular weight is 366 g/mol. The van der Waals surface area contributed by atoms with Crippen molar-refractivity contribution in [2.45, 2.75) is 18.9 Å². The van der Waals surface area contributed by atoms with Gasteiger partial charge in [0.2, 0.25) is 0 Å². The third-order valence-corrected chi connectivity index (χ3v) is 5.07. The molecule has 0 aliphatic heterocycles. The van der Waals surface area contributed by atoms with Gasteiger partial charge in [0, 0.05) is 31.2 Å². The Bertz CT molecular complexity index is 899. The minimum atomic E-state index is -0.119. The number of likely N-dealkylation sites (N-methyl/N-ethyl adjacent to an activating group) is 1. The molecule has 2 atom stereocenters. The van der Waals surface area contributed by atoms with E-state index in [0.717, 1.165) is 17.8 Å². The van der Waals surface area contributed by atoms with Gasteiger partial charge in [-0.3, -0.25) is 4.79 Å². The number of nitrogens with zero attached hydrogens (tertiary/aromatic N) is 1. The lowest BCUT2D eigenvalue weighted by Gasteiger charge is -2.20. The number of hydrogen-bond donors (Lipinski definition) is 2. The summed E-state index contributed by atoms with van der Waals surface area (Å²) in [5.74, 6) is 1.14. The lowest BCUT2D eigenvalue weighted by Crippen LogP contribution is -2.92. The van der Waals surface area contributed by atoms with Crippen LogP contribution in [0.15, 0.2) is 54.7 Å². The molecule has 2 aromatic carbocycles. The van der Waals surface area contributed by atoms with E-state index in [0.29, 0.717) is 0 Å². The quantitative estimate of drug-likeness (QED) is 0.674. The van der Waals surface area contributed by atoms with Gasteiger partial charge >= 0.3 is 0 Å². The summed E-state index contributed by atoms with van der Waals surface area (Å²) in [7, 11) is 5.27. The maximum Gasteiger partial charge on any atom is 0.279 e. The van der Waals surface area contributed by atoms with Crippen molar-refractivity contribution in [3.8, 4) is 5.75 Å². The largest absolute Gasteiger partial charge is 0.497 e. The van der Waals surface area contributed by atoms with Gasteiger partial charge in [-0.05, 0) is 36.2 Å². The monoisotopic (exact) mass is 366 g/mol. The van der Waals surface area contributed by atoms with Crippen LogP contribution in [0.25, 0.3) is 10.9 Å². The molecule has 3 N–H and O–H groups in total. The molecular formula is C22H28N3O2+. The number of quaternary nitrogens is 1. The second-order valence-electron chi connectivity index (χ2n) is 7.11.